The Kier molecular flexibility index (Phi) is 4.11. The molecular formula is C16H16N4O4. The second-order valence-electron chi connectivity index (χ2n) is 5.72. The van der Waals surface area contributed by atoms with Crippen molar-refractivity contribution >= 4 is 17.7 Å². The quantitative estimate of drug-likeness (QED) is 0.824. The Morgan fingerprint density at radius 3 is 2.38 bits per heavy atom. The fraction of sp³-hybridized carbons (Fsp3) is 0.312. The van der Waals surface area contributed by atoms with Crippen molar-refractivity contribution in [2.45, 2.75) is 26.3 Å². The molecule has 2 aromatic rings. The number of nitrogens with zero attached hydrogens (tertiary/aromatic N) is 3. The van der Waals surface area contributed by atoms with Crippen LogP contribution in [0.2, 0.25) is 0 Å². The minimum Gasteiger partial charge on any atom is -0.345 e. The fourth-order valence-corrected chi connectivity index (χ4v) is 2.33. The summed E-state index contributed by atoms with van der Waals surface area (Å²) in [5.74, 6) is -0.462. The molecule has 0 spiro atoms. The standard InChI is InChI=1S/C16H16N4O4/c1-9(2)14-18-13(24-19-14)7-17-12(21)8-20-15(22)10-5-3-4-6-11(10)16(20)23/h3-6,9H,7-8H2,1-2H3,(H,17,21). The molecule has 124 valence electrons. The molecule has 24 heavy (non-hydrogen) atoms. The highest BCUT2D eigenvalue weighted by molar-refractivity contribution is 6.22. The summed E-state index contributed by atoms with van der Waals surface area (Å²) in [6.45, 7) is 3.55. The summed E-state index contributed by atoms with van der Waals surface area (Å²) < 4.78 is 5.02. The maximum Gasteiger partial charge on any atom is 0.262 e. The predicted molar refractivity (Wildman–Crippen MR) is 82.0 cm³/mol. The number of aromatic nitrogens is 2. The van der Waals surface area contributed by atoms with Gasteiger partial charge in [0, 0.05) is 5.92 Å². The molecule has 8 nitrogen and oxygen atoms in total. The SMILES string of the molecule is CC(C)c1noc(CNC(=O)CN2C(=O)c3ccccc3C2=O)n1. The zero-order valence-corrected chi connectivity index (χ0v) is 13.3. The minimum absolute atomic E-state index is 0.0434. The number of carbonyl (C=O) groups excluding carboxylic acids is 3. The molecule has 3 amide bonds. The van der Waals surface area contributed by atoms with E-state index in [4.69, 9.17) is 4.52 Å². The van der Waals surface area contributed by atoms with Crippen LogP contribution in [0.3, 0.4) is 0 Å². The smallest absolute Gasteiger partial charge is 0.262 e. The Labute approximate surface area is 137 Å². The Morgan fingerprint density at radius 2 is 1.83 bits per heavy atom. The van der Waals surface area contributed by atoms with Gasteiger partial charge in [0.2, 0.25) is 11.8 Å². The molecule has 0 unspecified atom stereocenters. The van der Waals surface area contributed by atoms with Crippen LogP contribution in [0, 0.1) is 0 Å². The van der Waals surface area contributed by atoms with Crippen molar-refractivity contribution in [3.05, 3.63) is 47.1 Å². The number of benzene rings is 1. The number of rotatable bonds is 5. The van der Waals surface area contributed by atoms with E-state index in [-0.39, 0.29) is 24.9 Å². The van der Waals surface area contributed by atoms with Crippen LogP contribution in [0.15, 0.2) is 28.8 Å². The van der Waals surface area contributed by atoms with E-state index in [0.29, 0.717) is 17.0 Å². The molecule has 3 rings (SSSR count). The summed E-state index contributed by atoms with van der Waals surface area (Å²) in [5, 5.41) is 6.36. The summed E-state index contributed by atoms with van der Waals surface area (Å²) in [6, 6.07) is 6.49. The second-order valence-corrected chi connectivity index (χ2v) is 5.72. The summed E-state index contributed by atoms with van der Waals surface area (Å²) in [5.41, 5.74) is 0.627. The van der Waals surface area contributed by atoms with Gasteiger partial charge >= 0.3 is 0 Å². The zero-order valence-electron chi connectivity index (χ0n) is 13.3. The van der Waals surface area contributed by atoms with Crippen molar-refractivity contribution < 1.29 is 18.9 Å². The van der Waals surface area contributed by atoms with Gasteiger partial charge in [0.05, 0.1) is 17.7 Å². The van der Waals surface area contributed by atoms with Crippen LogP contribution >= 0.6 is 0 Å². The average molecular weight is 328 g/mol. The summed E-state index contributed by atoms with van der Waals surface area (Å²) in [4.78, 5) is 41.4. The van der Waals surface area contributed by atoms with Crippen molar-refractivity contribution in [1.82, 2.24) is 20.4 Å². The van der Waals surface area contributed by atoms with Gasteiger partial charge in [-0.2, -0.15) is 4.98 Å². The van der Waals surface area contributed by atoms with Gasteiger partial charge in [-0.1, -0.05) is 31.1 Å². The van der Waals surface area contributed by atoms with Crippen LogP contribution in [-0.2, 0) is 11.3 Å². The van der Waals surface area contributed by atoms with Gasteiger partial charge in [-0.15, -0.1) is 0 Å². The lowest BCUT2D eigenvalue weighted by Gasteiger charge is -2.12. The highest BCUT2D eigenvalue weighted by atomic mass is 16.5. The highest BCUT2D eigenvalue weighted by Crippen LogP contribution is 2.21. The Hall–Kier alpha value is -3.03. The van der Waals surface area contributed by atoms with Crippen LogP contribution in [0.1, 0.15) is 52.2 Å². The molecule has 0 fully saturated rings. The molecule has 0 saturated heterocycles. The molecule has 0 radical (unpaired) electrons. The van der Waals surface area contributed by atoms with E-state index in [0.717, 1.165) is 4.90 Å². The van der Waals surface area contributed by atoms with Crippen molar-refractivity contribution in [3.8, 4) is 0 Å². The number of carbonyl (C=O) groups is 3. The first-order chi connectivity index (χ1) is 11.5. The normalized spacial score (nSPS) is 13.5. The number of hydrogen-bond donors (Lipinski definition) is 1. The first kappa shape index (κ1) is 15.9. The summed E-state index contributed by atoms with van der Waals surface area (Å²) >= 11 is 0. The maximum atomic E-state index is 12.2. The number of fused-ring (bicyclic) bond motifs is 1. The first-order valence-electron chi connectivity index (χ1n) is 7.51. The number of amides is 3. The number of imide groups is 1. The lowest BCUT2D eigenvalue weighted by Crippen LogP contribution is -2.40. The monoisotopic (exact) mass is 328 g/mol. The third kappa shape index (κ3) is 2.90. The van der Waals surface area contributed by atoms with Crippen LogP contribution in [0.25, 0.3) is 0 Å². The van der Waals surface area contributed by atoms with Gasteiger partial charge in [0.1, 0.15) is 6.54 Å². The molecule has 2 heterocycles. The van der Waals surface area contributed by atoms with Gasteiger partial charge in [-0.25, -0.2) is 0 Å². The molecule has 1 aromatic carbocycles. The predicted octanol–water partition coefficient (Wildman–Crippen LogP) is 1.11. The van der Waals surface area contributed by atoms with Crippen molar-refractivity contribution in [1.29, 1.82) is 0 Å². The van der Waals surface area contributed by atoms with Crippen LogP contribution < -0.4 is 5.32 Å². The van der Waals surface area contributed by atoms with E-state index in [9.17, 15) is 14.4 Å². The Balaban J connectivity index is 1.59. The van der Waals surface area contributed by atoms with E-state index in [2.05, 4.69) is 15.5 Å². The first-order valence-corrected chi connectivity index (χ1v) is 7.51. The minimum atomic E-state index is -0.478. The van der Waals surface area contributed by atoms with E-state index >= 15 is 0 Å². The third-order valence-corrected chi connectivity index (χ3v) is 3.62. The van der Waals surface area contributed by atoms with Crippen LogP contribution in [0.5, 0.6) is 0 Å². The van der Waals surface area contributed by atoms with E-state index < -0.39 is 17.7 Å². The molecule has 0 saturated carbocycles. The third-order valence-electron chi connectivity index (χ3n) is 3.62. The van der Waals surface area contributed by atoms with E-state index in [1.807, 2.05) is 13.8 Å². The topological polar surface area (TPSA) is 105 Å². The van der Waals surface area contributed by atoms with Gasteiger partial charge in [-0.3, -0.25) is 19.3 Å². The van der Waals surface area contributed by atoms with Crippen molar-refractivity contribution in [2.75, 3.05) is 6.54 Å². The van der Waals surface area contributed by atoms with E-state index in [1.165, 1.54) is 0 Å². The molecule has 1 aliphatic heterocycles. The molecule has 0 aliphatic carbocycles. The highest BCUT2D eigenvalue weighted by Gasteiger charge is 2.36. The lowest BCUT2D eigenvalue weighted by molar-refractivity contribution is -0.121. The van der Waals surface area contributed by atoms with Gasteiger partial charge < -0.3 is 9.84 Å². The zero-order chi connectivity index (χ0) is 17.3. The molecule has 1 aromatic heterocycles. The number of nitrogens with one attached hydrogen (secondary N) is 1. The molecule has 0 atom stereocenters. The van der Waals surface area contributed by atoms with Gasteiger partial charge in [-0.05, 0) is 12.1 Å². The molecule has 1 N–H and O–H groups in total. The summed E-state index contributed by atoms with van der Waals surface area (Å²) in [6.07, 6.45) is 0. The second kappa shape index (κ2) is 6.23. The van der Waals surface area contributed by atoms with Crippen molar-refractivity contribution in [2.24, 2.45) is 0 Å². The molecule has 1 aliphatic rings. The van der Waals surface area contributed by atoms with Gasteiger partial charge in [0.15, 0.2) is 5.82 Å². The van der Waals surface area contributed by atoms with Crippen molar-refractivity contribution in [3.63, 3.8) is 0 Å². The lowest BCUT2D eigenvalue weighted by atomic mass is 10.1. The van der Waals surface area contributed by atoms with Crippen LogP contribution in [0.4, 0.5) is 0 Å². The molecular weight excluding hydrogens is 312 g/mol. The summed E-state index contributed by atoms with van der Waals surface area (Å²) in [7, 11) is 0. The molecule has 8 heteroatoms. The molecule has 0 bridgehead atoms. The van der Waals surface area contributed by atoms with Crippen LogP contribution in [-0.4, -0.2) is 39.3 Å². The largest absolute Gasteiger partial charge is 0.345 e. The Bertz CT molecular complexity index is 777. The fourth-order valence-electron chi connectivity index (χ4n) is 2.33. The van der Waals surface area contributed by atoms with E-state index in [1.54, 1.807) is 24.3 Å². The maximum absolute atomic E-state index is 12.2. The average Bonchev–Trinajstić information content (AvgIpc) is 3.13. The Morgan fingerprint density at radius 1 is 1.21 bits per heavy atom. The van der Waals surface area contributed by atoms with Gasteiger partial charge in [0.25, 0.3) is 11.8 Å². The number of hydrogen-bond acceptors (Lipinski definition) is 6.